The van der Waals surface area contributed by atoms with Crippen LogP contribution >= 0.6 is 23.2 Å². The largest absolute Gasteiger partial charge is 0.368 e. The lowest BCUT2D eigenvalue weighted by atomic mass is 10.1. The zero-order valence-electron chi connectivity index (χ0n) is 10.6. The van der Waals surface area contributed by atoms with Gasteiger partial charge in [-0.3, -0.25) is 0 Å². The van der Waals surface area contributed by atoms with Crippen molar-refractivity contribution >= 4 is 35.0 Å². The number of anilines is 2. The summed E-state index contributed by atoms with van der Waals surface area (Å²) >= 11 is 12.2. The van der Waals surface area contributed by atoms with E-state index < -0.39 is 0 Å². The summed E-state index contributed by atoms with van der Waals surface area (Å²) in [6, 6.07) is 7.43. The van der Waals surface area contributed by atoms with Crippen LogP contribution in [0.5, 0.6) is 0 Å². The topological polar surface area (TPSA) is 63.8 Å². The van der Waals surface area contributed by atoms with Gasteiger partial charge in [-0.25, -0.2) is 4.98 Å². The lowest BCUT2D eigenvalue weighted by molar-refractivity contribution is 0.888. The van der Waals surface area contributed by atoms with Crippen LogP contribution < -0.4 is 11.1 Å². The van der Waals surface area contributed by atoms with E-state index in [0.29, 0.717) is 21.6 Å². The van der Waals surface area contributed by atoms with Gasteiger partial charge in [0.25, 0.3) is 0 Å². The number of hydrogen-bond acceptors (Lipinski definition) is 4. The summed E-state index contributed by atoms with van der Waals surface area (Å²) in [4.78, 5) is 8.33. The smallest absolute Gasteiger partial charge is 0.222 e. The molecule has 0 radical (unpaired) electrons. The number of nitrogens with zero attached hydrogens (tertiary/aromatic N) is 2. The minimum atomic E-state index is 0.191. The molecule has 0 atom stereocenters. The summed E-state index contributed by atoms with van der Waals surface area (Å²) in [5.41, 5.74) is 7.10. The predicted molar refractivity (Wildman–Crippen MR) is 80.7 cm³/mol. The Hall–Kier alpha value is -1.52. The first-order valence-corrected chi connectivity index (χ1v) is 6.58. The number of benzene rings is 1. The summed E-state index contributed by atoms with van der Waals surface area (Å²) in [6.45, 7) is 4.04. The molecule has 0 aliphatic rings. The molecule has 0 saturated heterocycles. The van der Waals surface area contributed by atoms with Crippen molar-refractivity contribution < 1.29 is 0 Å². The Morgan fingerprint density at radius 1 is 1.21 bits per heavy atom. The average molecular weight is 297 g/mol. The van der Waals surface area contributed by atoms with Gasteiger partial charge in [-0.15, -0.1) is 0 Å². The van der Waals surface area contributed by atoms with E-state index in [2.05, 4.69) is 15.3 Å². The highest BCUT2D eigenvalue weighted by Gasteiger charge is 2.11. The molecule has 0 aliphatic heterocycles. The molecule has 0 spiro atoms. The molecular formula is C13H14Cl2N4. The van der Waals surface area contributed by atoms with Gasteiger partial charge >= 0.3 is 0 Å². The standard InChI is InChI=1S/C13H14Cl2N4/c1-7(2)17-11-6-10(18-13(16)19-11)8-4-3-5-9(14)12(8)15/h3-7H,1-2H3,(H3,16,17,18,19). The number of rotatable bonds is 3. The Morgan fingerprint density at radius 3 is 2.63 bits per heavy atom. The van der Waals surface area contributed by atoms with Crippen molar-refractivity contribution in [1.29, 1.82) is 0 Å². The predicted octanol–water partition coefficient (Wildman–Crippen LogP) is 3.85. The van der Waals surface area contributed by atoms with Crippen molar-refractivity contribution in [3.8, 4) is 11.3 Å². The molecule has 4 nitrogen and oxygen atoms in total. The average Bonchev–Trinajstić information content (AvgIpc) is 2.31. The van der Waals surface area contributed by atoms with Gasteiger partial charge < -0.3 is 11.1 Å². The van der Waals surface area contributed by atoms with E-state index in [0.717, 1.165) is 5.56 Å². The highest BCUT2D eigenvalue weighted by atomic mass is 35.5. The summed E-state index contributed by atoms with van der Waals surface area (Å²) in [5, 5.41) is 4.12. The van der Waals surface area contributed by atoms with Crippen LogP contribution in [0.25, 0.3) is 11.3 Å². The Labute approximate surface area is 122 Å². The van der Waals surface area contributed by atoms with Crippen molar-refractivity contribution in [2.24, 2.45) is 0 Å². The molecule has 1 aromatic carbocycles. The van der Waals surface area contributed by atoms with Crippen LogP contribution in [0.4, 0.5) is 11.8 Å². The SMILES string of the molecule is CC(C)Nc1cc(-c2cccc(Cl)c2Cl)nc(N)n1. The van der Waals surface area contributed by atoms with Crippen LogP contribution in [-0.2, 0) is 0 Å². The first-order chi connectivity index (χ1) is 8.97. The van der Waals surface area contributed by atoms with Gasteiger partial charge in [0, 0.05) is 17.7 Å². The number of nitrogen functional groups attached to an aromatic ring is 1. The zero-order valence-corrected chi connectivity index (χ0v) is 12.1. The van der Waals surface area contributed by atoms with Gasteiger partial charge in [0.2, 0.25) is 5.95 Å². The maximum atomic E-state index is 6.18. The minimum absolute atomic E-state index is 0.191. The molecule has 0 saturated carbocycles. The molecule has 2 rings (SSSR count). The van der Waals surface area contributed by atoms with Gasteiger partial charge in [0.1, 0.15) is 5.82 Å². The van der Waals surface area contributed by atoms with Crippen molar-refractivity contribution in [3.63, 3.8) is 0 Å². The summed E-state index contributed by atoms with van der Waals surface area (Å²) in [7, 11) is 0. The van der Waals surface area contributed by atoms with E-state index in [1.165, 1.54) is 0 Å². The van der Waals surface area contributed by atoms with E-state index in [1.807, 2.05) is 26.0 Å². The highest BCUT2D eigenvalue weighted by molar-refractivity contribution is 6.43. The zero-order chi connectivity index (χ0) is 14.0. The third-order valence-electron chi connectivity index (χ3n) is 2.41. The molecule has 0 amide bonds. The van der Waals surface area contributed by atoms with Gasteiger partial charge in [0.15, 0.2) is 0 Å². The number of aromatic nitrogens is 2. The second-order valence-corrected chi connectivity index (χ2v) is 5.18. The molecule has 2 aromatic rings. The maximum Gasteiger partial charge on any atom is 0.222 e. The van der Waals surface area contributed by atoms with Crippen LogP contribution in [0.2, 0.25) is 10.0 Å². The maximum absolute atomic E-state index is 6.18. The van der Waals surface area contributed by atoms with Gasteiger partial charge in [-0.2, -0.15) is 4.98 Å². The van der Waals surface area contributed by atoms with Gasteiger partial charge in [-0.05, 0) is 19.9 Å². The molecule has 6 heteroatoms. The van der Waals surface area contributed by atoms with E-state index in [-0.39, 0.29) is 12.0 Å². The fraction of sp³-hybridized carbons (Fsp3) is 0.231. The number of hydrogen-bond donors (Lipinski definition) is 2. The monoisotopic (exact) mass is 296 g/mol. The third-order valence-corrected chi connectivity index (χ3v) is 3.23. The van der Waals surface area contributed by atoms with Crippen LogP contribution in [0.15, 0.2) is 24.3 Å². The first kappa shape index (κ1) is 13.9. The van der Waals surface area contributed by atoms with Crippen molar-refractivity contribution in [2.75, 3.05) is 11.1 Å². The van der Waals surface area contributed by atoms with Crippen LogP contribution in [0.3, 0.4) is 0 Å². The lowest BCUT2D eigenvalue weighted by Gasteiger charge is -2.11. The van der Waals surface area contributed by atoms with Gasteiger partial charge in [0.05, 0.1) is 15.7 Å². The Bertz CT molecular complexity index is 599. The second kappa shape index (κ2) is 5.63. The highest BCUT2D eigenvalue weighted by Crippen LogP contribution is 2.33. The molecule has 0 aliphatic carbocycles. The van der Waals surface area contributed by atoms with Crippen LogP contribution in [-0.4, -0.2) is 16.0 Å². The molecule has 19 heavy (non-hydrogen) atoms. The molecule has 1 aromatic heterocycles. The van der Waals surface area contributed by atoms with Crippen LogP contribution in [0, 0.1) is 0 Å². The molecule has 1 heterocycles. The fourth-order valence-electron chi connectivity index (χ4n) is 1.68. The lowest BCUT2D eigenvalue weighted by Crippen LogP contribution is -2.12. The quantitative estimate of drug-likeness (QED) is 0.903. The first-order valence-electron chi connectivity index (χ1n) is 5.83. The number of nitrogens with one attached hydrogen (secondary N) is 1. The Morgan fingerprint density at radius 2 is 1.95 bits per heavy atom. The molecule has 100 valence electrons. The molecule has 0 fully saturated rings. The number of nitrogens with two attached hydrogens (primary N) is 1. The molecule has 0 bridgehead atoms. The summed E-state index contributed by atoms with van der Waals surface area (Å²) in [6.07, 6.45) is 0. The Balaban J connectivity index is 2.50. The molecular weight excluding hydrogens is 283 g/mol. The second-order valence-electron chi connectivity index (χ2n) is 4.40. The van der Waals surface area contributed by atoms with Gasteiger partial charge in [-0.1, -0.05) is 35.3 Å². The van der Waals surface area contributed by atoms with Crippen molar-refractivity contribution in [1.82, 2.24) is 9.97 Å². The Kier molecular flexibility index (Phi) is 4.12. The fourth-order valence-corrected chi connectivity index (χ4v) is 2.07. The minimum Gasteiger partial charge on any atom is -0.368 e. The molecule has 0 unspecified atom stereocenters. The molecule has 3 N–H and O–H groups in total. The van der Waals surface area contributed by atoms with E-state index in [4.69, 9.17) is 28.9 Å². The van der Waals surface area contributed by atoms with E-state index in [9.17, 15) is 0 Å². The van der Waals surface area contributed by atoms with Crippen LogP contribution in [0.1, 0.15) is 13.8 Å². The van der Waals surface area contributed by atoms with E-state index >= 15 is 0 Å². The van der Waals surface area contributed by atoms with Crippen molar-refractivity contribution in [3.05, 3.63) is 34.3 Å². The summed E-state index contributed by atoms with van der Waals surface area (Å²) in [5.74, 6) is 0.852. The summed E-state index contributed by atoms with van der Waals surface area (Å²) < 4.78 is 0. The normalized spacial score (nSPS) is 10.8. The number of halogens is 2. The third kappa shape index (κ3) is 3.28. The van der Waals surface area contributed by atoms with E-state index in [1.54, 1.807) is 12.1 Å². The van der Waals surface area contributed by atoms with Crippen molar-refractivity contribution in [2.45, 2.75) is 19.9 Å².